The molecule has 0 spiro atoms. The van der Waals surface area contributed by atoms with E-state index in [1.54, 1.807) is 0 Å². The summed E-state index contributed by atoms with van der Waals surface area (Å²) in [4.78, 5) is 6.82. The zero-order valence-corrected chi connectivity index (χ0v) is 12.9. The van der Waals surface area contributed by atoms with Crippen molar-refractivity contribution in [3.63, 3.8) is 0 Å². The van der Waals surface area contributed by atoms with Crippen LogP contribution < -0.4 is 10.6 Å². The molecule has 0 amide bonds. The van der Waals surface area contributed by atoms with Crippen LogP contribution >= 0.6 is 0 Å². The van der Waals surface area contributed by atoms with Crippen LogP contribution in [-0.2, 0) is 0 Å². The average molecular weight is 285 g/mol. The van der Waals surface area contributed by atoms with Gasteiger partial charge < -0.3 is 10.6 Å². The molecule has 5 nitrogen and oxygen atoms in total. The van der Waals surface area contributed by atoms with Crippen LogP contribution in [0.15, 0.2) is 18.2 Å². The third kappa shape index (κ3) is 2.93. The Kier molecular flexibility index (Phi) is 3.68. The number of nitrogens with zero attached hydrogens (tertiary/aromatic N) is 3. The summed E-state index contributed by atoms with van der Waals surface area (Å²) in [7, 11) is 0. The summed E-state index contributed by atoms with van der Waals surface area (Å²) in [5, 5.41) is 7.43. The van der Waals surface area contributed by atoms with Crippen molar-refractivity contribution in [2.24, 2.45) is 11.7 Å². The van der Waals surface area contributed by atoms with Gasteiger partial charge in [-0.05, 0) is 38.3 Å². The quantitative estimate of drug-likeness (QED) is 0.888. The largest absolute Gasteiger partial charge is 0.338 e. The second-order valence-corrected chi connectivity index (χ2v) is 6.24. The summed E-state index contributed by atoms with van der Waals surface area (Å²) in [6.45, 7) is 8.20. The van der Waals surface area contributed by atoms with Crippen LogP contribution in [0.3, 0.4) is 0 Å². The van der Waals surface area contributed by atoms with Crippen molar-refractivity contribution in [2.45, 2.75) is 33.2 Å². The van der Waals surface area contributed by atoms with Gasteiger partial charge in [0.2, 0.25) is 5.95 Å². The molecule has 2 atom stereocenters. The zero-order chi connectivity index (χ0) is 15.0. The smallest absolute Gasteiger partial charge is 0.245 e. The van der Waals surface area contributed by atoms with Crippen LogP contribution in [0.25, 0.3) is 11.4 Å². The maximum absolute atomic E-state index is 6.16. The maximum Gasteiger partial charge on any atom is 0.245 e. The normalized spacial score (nSPS) is 22.6. The molecule has 1 fully saturated rings. The van der Waals surface area contributed by atoms with Crippen LogP contribution in [0.5, 0.6) is 0 Å². The van der Waals surface area contributed by atoms with Gasteiger partial charge in [0.05, 0.1) is 0 Å². The van der Waals surface area contributed by atoms with E-state index in [1.807, 2.05) is 0 Å². The molecule has 1 aliphatic heterocycles. The molecule has 1 aliphatic rings. The number of H-pyrrole nitrogens is 1. The second kappa shape index (κ2) is 5.48. The fraction of sp³-hybridized carbons (Fsp3) is 0.500. The first kappa shape index (κ1) is 14.1. The summed E-state index contributed by atoms with van der Waals surface area (Å²) in [6.07, 6.45) is 1.09. The number of aryl methyl sites for hydroxylation is 2. The molecule has 0 aliphatic carbocycles. The molecule has 2 heterocycles. The van der Waals surface area contributed by atoms with Crippen LogP contribution in [0.2, 0.25) is 0 Å². The van der Waals surface area contributed by atoms with Crippen molar-refractivity contribution in [3.05, 3.63) is 29.3 Å². The van der Waals surface area contributed by atoms with Crippen LogP contribution in [0, 0.1) is 19.8 Å². The highest BCUT2D eigenvalue weighted by atomic mass is 15.4. The van der Waals surface area contributed by atoms with Gasteiger partial charge in [-0.25, -0.2) is 0 Å². The second-order valence-electron chi connectivity index (χ2n) is 6.24. The lowest BCUT2D eigenvalue weighted by Crippen LogP contribution is -2.48. The summed E-state index contributed by atoms with van der Waals surface area (Å²) in [5.41, 5.74) is 9.71. The first-order valence-electron chi connectivity index (χ1n) is 7.54. The van der Waals surface area contributed by atoms with E-state index < -0.39 is 0 Å². The van der Waals surface area contributed by atoms with E-state index in [-0.39, 0.29) is 6.04 Å². The predicted molar refractivity (Wildman–Crippen MR) is 85.3 cm³/mol. The molecule has 0 saturated carbocycles. The number of anilines is 1. The molecule has 5 heteroatoms. The molecular formula is C16H23N5. The van der Waals surface area contributed by atoms with Gasteiger partial charge in [-0.3, -0.25) is 5.10 Å². The van der Waals surface area contributed by atoms with Gasteiger partial charge in [-0.15, -0.1) is 5.10 Å². The van der Waals surface area contributed by atoms with Gasteiger partial charge in [0.1, 0.15) is 0 Å². The molecule has 2 aromatic rings. The highest BCUT2D eigenvalue weighted by Gasteiger charge is 2.25. The minimum Gasteiger partial charge on any atom is -0.338 e. The fourth-order valence-electron chi connectivity index (χ4n) is 2.92. The minimum atomic E-state index is 0.196. The standard InChI is InChI=1S/C16H23N5/c1-10-6-11(2)8-13(7-10)15-18-16(20-19-15)21-5-4-12(3)14(17)9-21/h6-8,12,14H,4-5,9,17H2,1-3H3,(H,18,19,20). The van der Waals surface area contributed by atoms with E-state index in [0.717, 1.165) is 36.8 Å². The van der Waals surface area contributed by atoms with E-state index in [9.17, 15) is 0 Å². The number of rotatable bonds is 2. The van der Waals surface area contributed by atoms with Crippen molar-refractivity contribution < 1.29 is 0 Å². The third-order valence-corrected chi connectivity index (χ3v) is 4.27. The monoisotopic (exact) mass is 285 g/mol. The molecule has 3 N–H and O–H groups in total. The topological polar surface area (TPSA) is 70.8 Å². The molecule has 112 valence electrons. The first-order chi connectivity index (χ1) is 10.0. The van der Waals surface area contributed by atoms with Crippen molar-refractivity contribution in [1.82, 2.24) is 15.2 Å². The number of aromatic nitrogens is 3. The number of nitrogens with two attached hydrogens (primary N) is 1. The van der Waals surface area contributed by atoms with Crippen molar-refractivity contribution in [3.8, 4) is 11.4 Å². The molecule has 0 radical (unpaired) electrons. The Labute approximate surface area is 125 Å². The number of piperidine rings is 1. The Morgan fingerprint density at radius 2 is 1.95 bits per heavy atom. The number of hydrogen-bond acceptors (Lipinski definition) is 4. The Morgan fingerprint density at radius 3 is 2.62 bits per heavy atom. The zero-order valence-electron chi connectivity index (χ0n) is 12.9. The lowest BCUT2D eigenvalue weighted by molar-refractivity contribution is 0.376. The maximum atomic E-state index is 6.16. The third-order valence-electron chi connectivity index (χ3n) is 4.27. The lowest BCUT2D eigenvalue weighted by Gasteiger charge is -2.34. The van der Waals surface area contributed by atoms with Crippen LogP contribution in [0.1, 0.15) is 24.5 Å². The Hall–Kier alpha value is -1.88. The van der Waals surface area contributed by atoms with E-state index in [0.29, 0.717) is 5.92 Å². The fourth-order valence-corrected chi connectivity index (χ4v) is 2.92. The van der Waals surface area contributed by atoms with E-state index in [2.05, 4.69) is 59.1 Å². The van der Waals surface area contributed by atoms with Gasteiger partial charge in [-0.2, -0.15) is 4.98 Å². The first-order valence-corrected chi connectivity index (χ1v) is 7.54. The van der Waals surface area contributed by atoms with Crippen molar-refractivity contribution in [1.29, 1.82) is 0 Å². The van der Waals surface area contributed by atoms with E-state index in [1.165, 1.54) is 11.1 Å². The van der Waals surface area contributed by atoms with Gasteiger partial charge in [0.15, 0.2) is 5.82 Å². The van der Waals surface area contributed by atoms with Gasteiger partial charge in [0, 0.05) is 24.7 Å². The van der Waals surface area contributed by atoms with Crippen molar-refractivity contribution >= 4 is 5.95 Å². The summed E-state index contributed by atoms with van der Waals surface area (Å²) < 4.78 is 0. The van der Waals surface area contributed by atoms with E-state index >= 15 is 0 Å². The molecule has 3 rings (SSSR count). The number of benzene rings is 1. The van der Waals surface area contributed by atoms with Gasteiger partial charge in [0.25, 0.3) is 0 Å². The Morgan fingerprint density at radius 1 is 1.24 bits per heavy atom. The van der Waals surface area contributed by atoms with Crippen molar-refractivity contribution in [2.75, 3.05) is 18.0 Å². The van der Waals surface area contributed by atoms with Crippen LogP contribution in [0.4, 0.5) is 5.95 Å². The molecular weight excluding hydrogens is 262 g/mol. The molecule has 1 aromatic carbocycles. The highest BCUT2D eigenvalue weighted by molar-refractivity contribution is 5.58. The Balaban J connectivity index is 1.83. The average Bonchev–Trinajstić information content (AvgIpc) is 2.90. The highest BCUT2D eigenvalue weighted by Crippen LogP contribution is 2.23. The number of hydrogen-bond donors (Lipinski definition) is 2. The molecule has 2 unspecified atom stereocenters. The van der Waals surface area contributed by atoms with Gasteiger partial charge in [-0.1, -0.05) is 24.1 Å². The lowest BCUT2D eigenvalue weighted by atomic mass is 9.95. The molecule has 21 heavy (non-hydrogen) atoms. The predicted octanol–water partition coefficient (Wildman–Crippen LogP) is 2.26. The van der Waals surface area contributed by atoms with Crippen LogP contribution in [-0.4, -0.2) is 34.3 Å². The number of aromatic amines is 1. The summed E-state index contributed by atoms with van der Waals surface area (Å²) in [5.74, 6) is 2.15. The minimum absolute atomic E-state index is 0.196. The molecule has 0 bridgehead atoms. The summed E-state index contributed by atoms with van der Waals surface area (Å²) >= 11 is 0. The molecule has 1 saturated heterocycles. The van der Waals surface area contributed by atoms with Gasteiger partial charge >= 0.3 is 0 Å². The SMILES string of the molecule is Cc1cc(C)cc(-c2nc(N3CCC(C)C(N)C3)n[nH]2)c1. The number of nitrogens with one attached hydrogen (secondary N) is 1. The Bertz CT molecular complexity index is 613. The van der Waals surface area contributed by atoms with E-state index in [4.69, 9.17) is 5.73 Å². The molecule has 1 aromatic heterocycles. The summed E-state index contributed by atoms with van der Waals surface area (Å²) in [6, 6.07) is 6.61.